The van der Waals surface area contributed by atoms with Gasteiger partial charge in [0.05, 0.1) is 0 Å². The summed E-state index contributed by atoms with van der Waals surface area (Å²) >= 11 is 0. The molecule has 0 fully saturated rings. The van der Waals surface area contributed by atoms with Gasteiger partial charge in [0.1, 0.15) is 11.4 Å². The average Bonchev–Trinajstić information content (AvgIpc) is 2.72. The van der Waals surface area contributed by atoms with Crippen molar-refractivity contribution in [1.82, 2.24) is 15.5 Å². The van der Waals surface area contributed by atoms with E-state index in [1.54, 1.807) is 42.5 Å². The Bertz CT molecular complexity index is 1140. The Morgan fingerprint density at radius 1 is 1.00 bits per heavy atom. The van der Waals surface area contributed by atoms with Crippen molar-refractivity contribution in [2.24, 2.45) is 0 Å². The number of aromatic amines is 1. The van der Waals surface area contributed by atoms with Gasteiger partial charge in [-0.15, -0.1) is 0 Å². The standard InChI is InChI=1S/C21H18N4O5/c1-13(26)30-17-7-3-5-15(11-17)20(28)22-12-14-4-2-6-16(10-14)23-21(29)18-8-9-19(27)25-24-18/h2-11H,12H2,1H3,(H,22,28)(H,23,29)(H,25,27). The maximum Gasteiger partial charge on any atom is 0.308 e. The van der Waals surface area contributed by atoms with Gasteiger partial charge >= 0.3 is 5.97 Å². The molecule has 2 amide bonds. The van der Waals surface area contributed by atoms with E-state index in [1.807, 2.05) is 0 Å². The number of ether oxygens (including phenoxy) is 1. The van der Waals surface area contributed by atoms with Crippen molar-refractivity contribution in [3.63, 3.8) is 0 Å². The molecule has 0 bridgehead atoms. The third kappa shape index (κ3) is 5.61. The molecule has 152 valence electrons. The van der Waals surface area contributed by atoms with Gasteiger partial charge in [0.25, 0.3) is 17.4 Å². The lowest BCUT2D eigenvalue weighted by Gasteiger charge is -2.09. The van der Waals surface area contributed by atoms with Gasteiger partial charge in [-0.25, -0.2) is 5.10 Å². The zero-order valence-corrected chi connectivity index (χ0v) is 16.0. The van der Waals surface area contributed by atoms with Crippen LogP contribution in [0.1, 0.15) is 33.3 Å². The fourth-order valence-corrected chi connectivity index (χ4v) is 2.58. The Kier molecular flexibility index (Phi) is 6.33. The zero-order valence-electron chi connectivity index (χ0n) is 16.0. The molecule has 30 heavy (non-hydrogen) atoms. The molecule has 9 heteroatoms. The number of benzene rings is 2. The Balaban J connectivity index is 1.62. The molecule has 1 heterocycles. The van der Waals surface area contributed by atoms with Crippen LogP contribution in [0.4, 0.5) is 5.69 Å². The van der Waals surface area contributed by atoms with Gasteiger partial charge in [-0.3, -0.25) is 19.2 Å². The molecule has 0 aliphatic heterocycles. The van der Waals surface area contributed by atoms with Crippen LogP contribution in [0.15, 0.2) is 65.5 Å². The maximum atomic E-state index is 12.4. The number of nitrogens with zero attached hydrogens (tertiary/aromatic N) is 1. The molecule has 0 aliphatic carbocycles. The van der Waals surface area contributed by atoms with Gasteiger partial charge < -0.3 is 15.4 Å². The highest BCUT2D eigenvalue weighted by molar-refractivity contribution is 6.02. The summed E-state index contributed by atoms with van der Waals surface area (Å²) in [4.78, 5) is 46.7. The largest absolute Gasteiger partial charge is 0.427 e. The number of carbonyl (C=O) groups is 3. The molecular formula is C21H18N4O5. The van der Waals surface area contributed by atoms with Crippen LogP contribution in [0.2, 0.25) is 0 Å². The topological polar surface area (TPSA) is 130 Å². The van der Waals surface area contributed by atoms with Crippen LogP contribution >= 0.6 is 0 Å². The van der Waals surface area contributed by atoms with Gasteiger partial charge in [-0.2, -0.15) is 5.10 Å². The van der Waals surface area contributed by atoms with Crippen LogP contribution in [0.5, 0.6) is 5.75 Å². The van der Waals surface area contributed by atoms with Gasteiger partial charge in [-0.05, 0) is 42.0 Å². The summed E-state index contributed by atoms with van der Waals surface area (Å²) in [6, 6.07) is 15.8. The fraction of sp³-hybridized carbons (Fsp3) is 0.0952. The lowest BCUT2D eigenvalue weighted by atomic mass is 10.1. The number of H-pyrrole nitrogens is 1. The molecular weight excluding hydrogens is 388 g/mol. The maximum absolute atomic E-state index is 12.4. The van der Waals surface area contributed by atoms with Crippen molar-refractivity contribution in [2.45, 2.75) is 13.5 Å². The van der Waals surface area contributed by atoms with Crippen LogP contribution < -0.4 is 20.9 Å². The Labute approximate surface area is 171 Å². The van der Waals surface area contributed by atoms with E-state index in [1.165, 1.54) is 25.1 Å². The number of rotatable bonds is 6. The molecule has 9 nitrogen and oxygen atoms in total. The van der Waals surface area contributed by atoms with Crippen molar-refractivity contribution >= 4 is 23.5 Å². The first-order valence-corrected chi connectivity index (χ1v) is 8.93. The van der Waals surface area contributed by atoms with E-state index in [4.69, 9.17) is 4.74 Å². The molecule has 3 aromatic rings. The minimum atomic E-state index is -0.477. The minimum Gasteiger partial charge on any atom is -0.427 e. The second kappa shape index (κ2) is 9.28. The molecule has 3 N–H and O–H groups in total. The van der Waals surface area contributed by atoms with Gasteiger partial charge in [0, 0.05) is 30.8 Å². The Morgan fingerprint density at radius 2 is 1.80 bits per heavy atom. The molecule has 0 spiro atoms. The van der Waals surface area contributed by atoms with Gasteiger partial charge in [-0.1, -0.05) is 18.2 Å². The van der Waals surface area contributed by atoms with E-state index >= 15 is 0 Å². The highest BCUT2D eigenvalue weighted by Crippen LogP contribution is 2.15. The number of hydrogen-bond donors (Lipinski definition) is 3. The summed E-state index contributed by atoms with van der Waals surface area (Å²) in [5.41, 5.74) is 1.29. The second-order valence-electron chi connectivity index (χ2n) is 6.27. The van der Waals surface area contributed by atoms with Crippen molar-refractivity contribution < 1.29 is 19.1 Å². The third-order valence-corrected chi connectivity index (χ3v) is 3.91. The first kappa shape index (κ1) is 20.5. The Morgan fingerprint density at radius 3 is 2.53 bits per heavy atom. The van der Waals surface area contributed by atoms with Gasteiger partial charge in [0.2, 0.25) is 0 Å². The molecule has 2 aromatic carbocycles. The summed E-state index contributed by atoms with van der Waals surface area (Å²) in [6.45, 7) is 1.50. The van der Waals surface area contributed by atoms with Crippen molar-refractivity contribution in [3.8, 4) is 5.75 Å². The zero-order chi connectivity index (χ0) is 21.5. The highest BCUT2D eigenvalue weighted by atomic mass is 16.5. The predicted molar refractivity (Wildman–Crippen MR) is 108 cm³/mol. The summed E-state index contributed by atoms with van der Waals surface area (Å²) < 4.78 is 4.98. The lowest BCUT2D eigenvalue weighted by molar-refractivity contribution is -0.131. The predicted octanol–water partition coefficient (Wildman–Crippen LogP) is 1.88. The molecule has 3 rings (SSSR count). The van der Waals surface area contributed by atoms with Crippen LogP contribution in [0.3, 0.4) is 0 Å². The first-order valence-electron chi connectivity index (χ1n) is 8.93. The quantitative estimate of drug-likeness (QED) is 0.423. The van der Waals surface area contributed by atoms with Gasteiger partial charge in [0.15, 0.2) is 0 Å². The fourth-order valence-electron chi connectivity index (χ4n) is 2.58. The van der Waals surface area contributed by atoms with Crippen LogP contribution in [-0.4, -0.2) is 28.0 Å². The third-order valence-electron chi connectivity index (χ3n) is 3.91. The smallest absolute Gasteiger partial charge is 0.308 e. The minimum absolute atomic E-state index is 0.0703. The molecule has 0 aliphatic rings. The summed E-state index contributed by atoms with van der Waals surface area (Å²) in [5.74, 6) is -0.996. The van der Waals surface area contributed by atoms with Crippen LogP contribution in [0.25, 0.3) is 0 Å². The normalized spacial score (nSPS) is 10.2. The summed E-state index contributed by atoms with van der Waals surface area (Å²) in [7, 11) is 0. The molecule has 0 atom stereocenters. The summed E-state index contributed by atoms with van der Waals surface area (Å²) in [6.07, 6.45) is 0. The van der Waals surface area contributed by atoms with E-state index in [2.05, 4.69) is 20.8 Å². The van der Waals surface area contributed by atoms with Crippen LogP contribution in [0, 0.1) is 0 Å². The number of aromatic nitrogens is 2. The van der Waals surface area contributed by atoms with Crippen molar-refractivity contribution in [2.75, 3.05) is 5.32 Å². The monoisotopic (exact) mass is 406 g/mol. The average molecular weight is 406 g/mol. The molecule has 1 aromatic heterocycles. The molecule has 0 unspecified atom stereocenters. The van der Waals surface area contributed by atoms with E-state index in [-0.39, 0.29) is 23.9 Å². The second-order valence-corrected chi connectivity index (χ2v) is 6.27. The number of carbonyl (C=O) groups excluding carboxylic acids is 3. The van der Waals surface area contributed by atoms with Crippen molar-refractivity contribution in [3.05, 3.63) is 87.8 Å². The molecule has 0 saturated carbocycles. The highest BCUT2D eigenvalue weighted by Gasteiger charge is 2.10. The van der Waals surface area contributed by atoms with Crippen molar-refractivity contribution in [1.29, 1.82) is 0 Å². The SMILES string of the molecule is CC(=O)Oc1cccc(C(=O)NCc2cccc(NC(=O)c3ccc(=O)[nH]n3)c2)c1. The Hall–Kier alpha value is -4.27. The number of esters is 1. The first-order chi connectivity index (χ1) is 14.4. The van der Waals surface area contributed by atoms with E-state index in [0.29, 0.717) is 11.3 Å². The molecule has 0 saturated heterocycles. The number of amides is 2. The molecule has 0 radical (unpaired) electrons. The number of hydrogen-bond acceptors (Lipinski definition) is 6. The lowest BCUT2D eigenvalue weighted by Crippen LogP contribution is -2.23. The van der Waals surface area contributed by atoms with E-state index in [0.717, 1.165) is 5.56 Å². The van der Waals surface area contributed by atoms with E-state index < -0.39 is 17.4 Å². The number of nitrogens with one attached hydrogen (secondary N) is 3. The number of anilines is 1. The summed E-state index contributed by atoms with van der Waals surface area (Å²) in [5, 5.41) is 11.3. The van der Waals surface area contributed by atoms with E-state index in [9.17, 15) is 19.2 Å². The van der Waals surface area contributed by atoms with Crippen LogP contribution in [-0.2, 0) is 11.3 Å².